The summed E-state index contributed by atoms with van der Waals surface area (Å²) in [6.07, 6.45) is 2.65. The molecule has 0 atom stereocenters. The SMILES string of the molecule is Cc1ccc(S(=O)(=O)OCC(=O)/C=C/c2ccc(F)cc2)cc1. The van der Waals surface area contributed by atoms with Gasteiger partial charge in [-0.3, -0.25) is 8.98 Å². The number of halogens is 1. The van der Waals surface area contributed by atoms with Gasteiger partial charge in [0.25, 0.3) is 10.1 Å². The first-order valence-electron chi connectivity index (χ1n) is 6.79. The number of benzene rings is 2. The summed E-state index contributed by atoms with van der Waals surface area (Å²) in [6.45, 7) is 1.24. The first-order valence-corrected chi connectivity index (χ1v) is 8.20. The molecule has 0 saturated heterocycles. The summed E-state index contributed by atoms with van der Waals surface area (Å²) in [7, 11) is -3.96. The van der Waals surface area contributed by atoms with Crippen LogP contribution in [0.1, 0.15) is 11.1 Å². The lowest BCUT2D eigenvalue weighted by Gasteiger charge is -2.04. The lowest BCUT2D eigenvalue weighted by Crippen LogP contribution is -2.12. The first-order chi connectivity index (χ1) is 10.9. The van der Waals surface area contributed by atoms with Gasteiger partial charge in [-0.2, -0.15) is 8.42 Å². The van der Waals surface area contributed by atoms with Gasteiger partial charge < -0.3 is 0 Å². The Morgan fingerprint density at radius 3 is 2.30 bits per heavy atom. The third-order valence-electron chi connectivity index (χ3n) is 3.00. The Balaban J connectivity index is 1.95. The Bertz CT molecular complexity index is 807. The summed E-state index contributed by atoms with van der Waals surface area (Å²) < 4.78 is 41.3. The van der Waals surface area contributed by atoms with Crippen LogP contribution in [0.3, 0.4) is 0 Å². The second-order valence-electron chi connectivity index (χ2n) is 4.88. The molecule has 6 heteroatoms. The zero-order chi connectivity index (χ0) is 16.9. The van der Waals surface area contributed by atoms with Gasteiger partial charge in [0, 0.05) is 0 Å². The largest absolute Gasteiger partial charge is 0.297 e. The van der Waals surface area contributed by atoms with Gasteiger partial charge in [0.1, 0.15) is 12.4 Å². The van der Waals surface area contributed by atoms with Crippen molar-refractivity contribution in [2.45, 2.75) is 11.8 Å². The molecule has 0 radical (unpaired) electrons. The average Bonchev–Trinajstić information content (AvgIpc) is 2.53. The van der Waals surface area contributed by atoms with E-state index in [9.17, 15) is 17.6 Å². The average molecular weight is 334 g/mol. The molecule has 0 unspecified atom stereocenters. The quantitative estimate of drug-likeness (QED) is 0.601. The second-order valence-corrected chi connectivity index (χ2v) is 6.50. The summed E-state index contributed by atoms with van der Waals surface area (Å²) >= 11 is 0. The van der Waals surface area contributed by atoms with Gasteiger partial charge in [0.15, 0.2) is 5.78 Å². The van der Waals surface area contributed by atoms with Crippen molar-refractivity contribution in [1.82, 2.24) is 0 Å². The van der Waals surface area contributed by atoms with Gasteiger partial charge in [0.2, 0.25) is 0 Å². The summed E-state index contributed by atoms with van der Waals surface area (Å²) in [5, 5.41) is 0. The van der Waals surface area contributed by atoms with E-state index >= 15 is 0 Å². The third kappa shape index (κ3) is 5.12. The minimum absolute atomic E-state index is 0.00147. The van der Waals surface area contributed by atoms with Gasteiger partial charge in [-0.1, -0.05) is 35.9 Å². The molecule has 0 aliphatic rings. The molecular formula is C17H15FO4S. The van der Waals surface area contributed by atoms with Crippen LogP contribution in [0.5, 0.6) is 0 Å². The van der Waals surface area contributed by atoms with E-state index in [1.165, 1.54) is 48.6 Å². The van der Waals surface area contributed by atoms with Crippen LogP contribution in [0.15, 0.2) is 59.5 Å². The molecule has 0 spiro atoms. The van der Waals surface area contributed by atoms with E-state index in [0.717, 1.165) is 5.56 Å². The van der Waals surface area contributed by atoms with Crippen molar-refractivity contribution in [2.75, 3.05) is 6.61 Å². The maximum absolute atomic E-state index is 12.7. The highest BCUT2D eigenvalue weighted by Crippen LogP contribution is 2.13. The van der Waals surface area contributed by atoms with Crippen LogP contribution < -0.4 is 0 Å². The molecule has 0 aliphatic heterocycles. The fourth-order valence-corrected chi connectivity index (χ4v) is 2.60. The highest BCUT2D eigenvalue weighted by atomic mass is 32.2. The first kappa shape index (κ1) is 17.1. The normalized spacial score (nSPS) is 11.7. The Labute approximate surface area is 134 Å². The van der Waals surface area contributed by atoms with Crippen LogP contribution in [-0.2, 0) is 19.1 Å². The zero-order valence-electron chi connectivity index (χ0n) is 12.4. The van der Waals surface area contributed by atoms with Gasteiger partial charge in [-0.25, -0.2) is 4.39 Å². The molecular weight excluding hydrogens is 319 g/mol. The third-order valence-corrected chi connectivity index (χ3v) is 4.28. The molecule has 0 aromatic heterocycles. The fraction of sp³-hybridized carbons (Fsp3) is 0.118. The minimum Gasteiger partial charge on any atom is -0.292 e. The summed E-state index contributed by atoms with van der Waals surface area (Å²) in [5.41, 5.74) is 1.54. The van der Waals surface area contributed by atoms with Gasteiger partial charge >= 0.3 is 0 Å². The number of aryl methyl sites for hydroxylation is 1. The van der Waals surface area contributed by atoms with E-state index in [2.05, 4.69) is 0 Å². The summed E-state index contributed by atoms with van der Waals surface area (Å²) in [5.74, 6) is -0.883. The minimum atomic E-state index is -3.96. The topological polar surface area (TPSA) is 60.4 Å². The monoisotopic (exact) mass is 334 g/mol. The molecule has 2 aromatic rings. The van der Waals surface area contributed by atoms with Crippen molar-refractivity contribution in [3.8, 4) is 0 Å². The Hall–Kier alpha value is -2.31. The molecule has 23 heavy (non-hydrogen) atoms. The second kappa shape index (κ2) is 7.30. The molecule has 0 aliphatic carbocycles. The van der Waals surface area contributed by atoms with Gasteiger partial charge in [0.05, 0.1) is 4.90 Å². The maximum atomic E-state index is 12.7. The van der Waals surface area contributed by atoms with Crippen molar-refractivity contribution in [3.63, 3.8) is 0 Å². The van der Waals surface area contributed by atoms with Crippen LogP contribution in [0, 0.1) is 12.7 Å². The predicted molar refractivity (Wildman–Crippen MR) is 84.8 cm³/mol. The maximum Gasteiger partial charge on any atom is 0.297 e. The van der Waals surface area contributed by atoms with Crippen molar-refractivity contribution < 1.29 is 21.8 Å². The molecule has 4 nitrogen and oxygen atoms in total. The van der Waals surface area contributed by atoms with E-state index in [1.54, 1.807) is 12.1 Å². The Morgan fingerprint density at radius 2 is 1.70 bits per heavy atom. The lowest BCUT2D eigenvalue weighted by atomic mass is 10.2. The molecule has 2 rings (SSSR count). The number of rotatable bonds is 6. The summed E-state index contributed by atoms with van der Waals surface area (Å²) in [6, 6.07) is 11.7. The molecule has 0 amide bonds. The van der Waals surface area contributed by atoms with Crippen LogP contribution >= 0.6 is 0 Å². The van der Waals surface area contributed by atoms with Crippen LogP contribution in [0.2, 0.25) is 0 Å². The Kier molecular flexibility index (Phi) is 5.41. The number of ketones is 1. The van der Waals surface area contributed by atoms with Crippen LogP contribution in [0.4, 0.5) is 4.39 Å². The number of carbonyl (C=O) groups is 1. The van der Waals surface area contributed by atoms with E-state index in [4.69, 9.17) is 4.18 Å². The predicted octanol–water partition coefficient (Wildman–Crippen LogP) is 3.12. The van der Waals surface area contributed by atoms with Crippen LogP contribution in [-0.4, -0.2) is 20.8 Å². The standard InChI is InChI=1S/C17H15FO4S/c1-13-2-10-17(11-3-13)23(20,21)22-12-16(19)9-6-14-4-7-15(18)8-5-14/h2-11H,12H2,1H3/b9-6+. The number of hydrogen-bond donors (Lipinski definition) is 0. The molecule has 0 heterocycles. The molecule has 2 aromatic carbocycles. The number of hydrogen-bond acceptors (Lipinski definition) is 4. The highest BCUT2D eigenvalue weighted by Gasteiger charge is 2.16. The van der Waals surface area contributed by atoms with E-state index in [1.807, 2.05) is 6.92 Å². The van der Waals surface area contributed by atoms with E-state index in [-0.39, 0.29) is 10.7 Å². The van der Waals surface area contributed by atoms with E-state index in [0.29, 0.717) is 5.56 Å². The van der Waals surface area contributed by atoms with Crippen molar-refractivity contribution in [3.05, 3.63) is 71.6 Å². The zero-order valence-corrected chi connectivity index (χ0v) is 13.2. The van der Waals surface area contributed by atoms with Gasteiger partial charge in [-0.05, 0) is 42.8 Å². The fourth-order valence-electron chi connectivity index (χ4n) is 1.72. The van der Waals surface area contributed by atoms with E-state index < -0.39 is 22.5 Å². The molecule has 0 saturated carbocycles. The highest BCUT2D eigenvalue weighted by molar-refractivity contribution is 7.86. The summed E-state index contributed by atoms with van der Waals surface area (Å²) in [4.78, 5) is 11.7. The van der Waals surface area contributed by atoms with Crippen LogP contribution in [0.25, 0.3) is 6.08 Å². The van der Waals surface area contributed by atoms with Gasteiger partial charge in [-0.15, -0.1) is 0 Å². The molecule has 0 fully saturated rings. The van der Waals surface area contributed by atoms with Crippen molar-refractivity contribution in [2.24, 2.45) is 0 Å². The Morgan fingerprint density at radius 1 is 1.09 bits per heavy atom. The molecule has 0 bridgehead atoms. The van der Waals surface area contributed by atoms with Crippen molar-refractivity contribution in [1.29, 1.82) is 0 Å². The molecule has 120 valence electrons. The molecule has 0 N–H and O–H groups in total. The smallest absolute Gasteiger partial charge is 0.292 e. The van der Waals surface area contributed by atoms with Crippen molar-refractivity contribution >= 4 is 22.0 Å². The number of carbonyl (C=O) groups excluding carboxylic acids is 1. The lowest BCUT2D eigenvalue weighted by molar-refractivity contribution is -0.116.